The van der Waals surface area contributed by atoms with Crippen LogP contribution in [-0.4, -0.2) is 68.3 Å². The van der Waals surface area contributed by atoms with Gasteiger partial charge < -0.3 is 23.9 Å². The second-order valence-corrected chi connectivity index (χ2v) is 8.17. The first-order valence-electron chi connectivity index (χ1n) is 10.9. The number of carbonyl (C=O) groups excluding carboxylic acids is 1. The van der Waals surface area contributed by atoms with Gasteiger partial charge in [-0.3, -0.25) is 9.69 Å². The normalized spacial score (nSPS) is 15.2. The summed E-state index contributed by atoms with van der Waals surface area (Å²) in [5, 5.41) is 11.4. The van der Waals surface area contributed by atoms with Crippen LogP contribution in [0.1, 0.15) is 23.0 Å². The third-order valence-electron chi connectivity index (χ3n) is 5.95. The number of fused-ring (bicyclic) bond motifs is 1. The van der Waals surface area contributed by atoms with Crippen LogP contribution in [0.3, 0.4) is 0 Å². The van der Waals surface area contributed by atoms with Crippen molar-refractivity contribution in [2.45, 2.75) is 20.0 Å². The number of carbonyl (C=O) groups is 1. The number of halogens is 1. The number of hydrogen-bond acceptors (Lipinski definition) is 7. The van der Waals surface area contributed by atoms with Crippen molar-refractivity contribution in [1.29, 1.82) is 0 Å². The molecule has 1 fully saturated rings. The molecule has 0 amide bonds. The fourth-order valence-electron chi connectivity index (χ4n) is 4.23. The van der Waals surface area contributed by atoms with Gasteiger partial charge in [-0.25, -0.2) is 0 Å². The highest BCUT2D eigenvalue weighted by atomic mass is 35.5. The third-order valence-corrected chi connectivity index (χ3v) is 5.95. The Morgan fingerprint density at radius 2 is 1.82 bits per heavy atom. The molecule has 0 spiro atoms. The summed E-state index contributed by atoms with van der Waals surface area (Å²) in [6, 6.07) is 14.0. The highest BCUT2D eigenvalue weighted by Crippen LogP contribution is 2.39. The first kappa shape index (κ1) is 24.9. The molecule has 1 atom stereocenters. The summed E-state index contributed by atoms with van der Waals surface area (Å²) in [6.07, 6.45) is -0.665. The number of ether oxygens (including phenoxy) is 2. The van der Waals surface area contributed by atoms with Gasteiger partial charge in [0.05, 0.1) is 7.11 Å². The lowest BCUT2D eigenvalue weighted by atomic mass is 10.1. The van der Waals surface area contributed by atoms with Gasteiger partial charge in [0.25, 0.3) is 0 Å². The Balaban J connectivity index is 0.00000306. The highest BCUT2D eigenvalue weighted by molar-refractivity contribution is 6.00. The fraction of sp³-hybridized carbons (Fsp3) is 0.400. The number of piperazine rings is 1. The zero-order valence-corrected chi connectivity index (χ0v) is 20.1. The number of methoxy groups -OCH3 is 1. The summed E-state index contributed by atoms with van der Waals surface area (Å²) in [4.78, 5) is 16.5. The molecule has 33 heavy (non-hydrogen) atoms. The van der Waals surface area contributed by atoms with Crippen LogP contribution in [-0.2, 0) is 0 Å². The molecule has 8 heteroatoms. The van der Waals surface area contributed by atoms with E-state index in [1.807, 2.05) is 19.1 Å². The molecule has 0 bridgehead atoms. The van der Waals surface area contributed by atoms with Gasteiger partial charge >= 0.3 is 0 Å². The molecule has 1 saturated heterocycles. The molecule has 1 aliphatic rings. The average Bonchev–Trinajstić information content (AvgIpc) is 3.15. The van der Waals surface area contributed by atoms with Crippen LogP contribution in [0, 0.1) is 6.92 Å². The van der Waals surface area contributed by atoms with Crippen molar-refractivity contribution < 1.29 is 23.8 Å². The van der Waals surface area contributed by atoms with Crippen LogP contribution in [0.15, 0.2) is 46.9 Å². The predicted molar refractivity (Wildman–Crippen MR) is 131 cm³/mol. The van der Waals surface area contributed by atoms with Crippen LogP contribution < -0.4 is 14.4 Å². The molecule has 2 heterocycles. The van der Waals surface area contributed by atoms with Gasteiger partial charge in [0.1, 0.15) is 12.7 Å². The number of ketones is 1. The maximum absolute atomic E-state index is 11.9. The number of hydrogen-bond donors (Lipinski definition) is 1. The van der Waals surface area contributed by atoms with Crippen molar-refractivity contribution >= 4 is 34.8 Å². The molecule has 1 unspecified atom stereocenters. The van der Waals surface area contributed by atoms with Crippen molar-refractivity contribution in [2.24, 2.45) is 0 Å². The molecule has 1 aliphatic heterocycles. The Morgan fingerprint density at radius 1 is 1.12 bits per heavy atom. The number of nitrogens with zero attached hydrogens (tertiary/aromatic N) is 2. The number of aliphatic hydroxyl groups excluding tert-OH is 1. The molecule has 4 rings (SSSR count). The van der Waals surface area contributed by atoms with Gasteiger partial charge in [-0.1, -0.05) is 18.2 Å². The van der Waals surface area contributed by atoms with E-state index >= 15 is 0 Å². The molecule has 0 saturated carbocycles. The van der Waals surface area contributed by atoms with Crippen LogP contribution in [0.2, 0.25) is 0 Å². The van der Waals surface area contributed by atoms with E-state index in [4.69, 9.17) is 13.9 Å². The van der Waals surface area contributed by atoms with Crippen LogP contribution in [0.4, 0.5) is 5.69 Å². The summed E-state index contributed by atoms with van der Waals surface area (Å²) in [6.45, 7) is 7.55. The zero-order chi connectivity index (χ0) is 22.7. The summed E-state index contributed by atoms with van der Waals surface area (Å²) in [5.41, 5.74) is 2.47. The van der Waals surface area contributed by atoms with Crippen LogP contribution in [0.5, 0.6) is 11.5 Å². The fourth-order valence-corrected chi connectivity index (χ4v) is 4.23. The van der Waals surface area contributed by atoms with Crippen molar-refractivity contribution in [1.82, 2.24) is 4.90 Å². The number of aryl methyl sites for hydroxylation is 1. The van der Waals surface area contributed by atoms with Crippen LogP contribution in [0.25, 0.3) is 11.0 Å². The second kappa shape index (κ2) is 10.9. The smallest absolute Gasteiger partial charge is 0.204 e. The molecule has 0 radical (unpaired) electrons. The predicted octanol–water partition coefficient (Wildman–Crippen LogP) is 3.94. The van der Waals surface area contributed by atoms with Gasteiger partial charge in [-0.2, -0.15) is 0 Å². The summed E-state index contributed by atoms with van der Waals surface area (Å²) in [5.74, 6) is 1.09. The lowest BCUT2D eigenvalue weighted by Crippen LogP contribution is -2.49. The van der Waals surface area contributed by atoms with Gasteiger partial charge in [0, 0.05) is 56.3 Å². The van der Waals surface area contributed by atoms with E-state index < -0.39 is 6.10 Å². The molecule has 0 aliphatic carbocycles. The number of rotatable bonds is 8. The topological polar surface area (TPSA) is 75.4 Å². The molecule has 3 aromatic rings. The van der Waals surface area contributed by atoms with E-state index in [0.717, 1.165) is 37.1 Å². The van der Waals surface area contributed by atoms with E-state index in [2.05, 4.69) is 34.1 Å². The van der Waals surface area contributed by atoms with E-state index in [1.165, 1.54) is 12.6 Å². The van der Waals surface area contributed by atoms with Crippen molar-refractivity contribution in [2.75, 3.05) is 51.3 Å². The monoisotopic (exact) mass is 474 g/mol. The number of β-amino-alcohol motifs (C(OH)–C–C–N with tert-alkyl or cyclic N) is 1. The van der Waals surface area contributed by atoms with Crippen LogP contribution >= 0.6 is 12.4 Å². The first-order valence-corrected chi connectivity index (χ1v) is 10.9. The Morgan fingerprint density at radius 3 is 2.45 bits per heavy atom. The maximum Gasteiger partial charge on any atom is 0.204 e. The summed E-state index contributed by atoms with van der Waals surface area (Å²) < 4.78 is 17.2. The number of benzene rings is 2. The molecule has 1 aromatic heterocycles. The van der Waals surface area contributed by atoms with E-state index in [0.29, 0.717) is 29.4 Å². The van der Waals surface area contributed by atoms with E-state index in [-0.39, 0.29) is 24.8 Å². The average molecular weight is 475 g/mol. The lowest BCUT2D eigenvalue weighted by molar-refractivity contribution is 0.0655. The van der Waals surface area contributed by atoms with Crippen molar-refractivity contribution in [3.8, 4) is 11.5 Å². The minimum Gasteiger partial charge on any atom is -0.493 e. The molecule has 1 N–H and O–H groups in total. The van der Waals surface area contributed by atoms with Gasteiger partial charge in [-0.15, -0.1) is 12.4 Å². The first-order chi connectivity index (χ1) is 15.5. The van der Waals surface area contributed by atoms with Gasteiger partial charge in [0.15, 0.2) is 22.9 Å². The molecular formula is C25H31ClN2O5. The van der Waals surface area contributed by atoms with E-state index in [9.17, 15) is 9.90 Å². The standard InChI is InChI=1S/C25H30N2O5.ClH/c1-17-21-9-10-22(30-3)25(24(21)32-23(17)18(2)28)31-16-20(29)15-26-11-13-27(14-12-26)19-7-5-4-6-8-19;/h4-10,20,29H,11-16H2,1-3H3;1H. The molecule has 7 nitrogen and oxygen atoms in total. The quantitative estimate of drug-likeness (QED) is 0.495. The highest BCUT2D eigenvalue weighted by Gasteiger charge is 2.23. The Kier molecular flexibility index (Phi) is 8.24. The van der Waals surface area contributed by atoms with Crippen molar-refractivity contribution in [3.05, 3.63) is 53.8 Å². The number of anilines is 1. The third kappa shape index (κ3) is 5.43. The number of Topliss-reactive ketones (excluding diaryl/α,β-unsaturated/α-hetero) is 1. The molecule has 2 aromatic carbocycles. The second-order valence-electron chi connectivity index (χ2n) is 8.17. The zero-order valence-electron chi connectivity index (χ0n) is 19.2. The lowest BCUT2D eigenvalue weighted by Gasteiger charge is -2.36. The summed E-state index contributed by atoms with van der Waals surface area (Å²) >= 11 is 0. The maximum atomic E-state index is 11.9. The molecule has 178 valence electrons. The number of para-hydroxylation sites is 1. The Hall–Kier alpha value is -2.74. The largest absolute Gasteiger partial charge is 0.493 e. The minimum atomic E-state index is -0.665. The number of furan rings is 1. The van der Waals surface area contributed by atoms with E-state index in [1.54, 1.807) is 13.2 Å². The summed E-state index contributed by atoms with van der Waals surface area (Å²) in [7, 11) is 1.55. The molecular weight excluding hydrogens is 444 g/mol. The number of aliphatic hydroxyl groups is 1. The SMILES string of the molecule is COc1ccc2c(C)c(C(C)=O)oc2c1OCC(O)CN1CCN(c2ccccc2)CC1.Cl. The Labute approximate surface area is 200 Å². The van der Waals surface area contributed by atoms with Gasteiger partial charge in [0.2, 0.25) is 5.75 Å². The Bertz CT molecular complexity index is 1080. The van der Waals surface area contributed by atoms with Gasteiger partial charge in [-0.05, 0) is 31.2 Å². The van der Waals surface area contributed by atoms with Crippen molar-refractivity contribution in [3.63, 3.8) is 0 Å². The minimum absolute atomic E-state index is 0.